The van der Waals surface area contributed by atoms with Crippen LogP contribution in [0.4, 0.5) is 18.9 Å². The van der Waals surface area contributed by atoms with Crippen LogP contribution in [0.2, 0.25) is 5.02 Å². The molecule has 1 aliphatic heterocycles. The minimum Gasteiger partial charge on any atom is -0.480 e. The van der Waals surface area contributed by atoms with Gasteiger partial charge in [-0.1, -0.05) is 11.6 Å². The maximum atomic E-state index is 13.2. The molecule has 3 N–H and O–H groups in total. The summed E-state index contributed by atoms with van der Waals surface area (Å²) in [5.41, 5.74) is 4.61. The Balaban J connectivity index is 2.44. The minimum absolute atomic E-state index is 0.183. The summed E-state index contributed by atoms with van der Waals surface area (Å²) >= 11 is 6.10. The summed E-state index contributed by atoms with van der Waals surface area (Å²) in [7, 11) is 0. The molecule has 1 unspecified atom stereocenters. The van der Waals surface area contributed by atoms with Gasteiger partial charge in [0.1, 0.15) is 6.04 Å². The van der Waals surface area contributed by atoms with E-state index in [0.29, 0.717) is 18.8 Å². The van der Waals surface area contributed by atoms with Crippen molar-refractivity contribution in [1.82, 2.24) is 0 Å². The molecule has 0 amide bonds. The Morgan fingerprint density at radius 2 is 1.95 bits per heavy atom. The first kappa shape index (κ1) is 16.9. The highest BCUT2D eigenvalue weighted by Crippen LogP contribution is 2.39. The fourth-order valence-electron chi connectivity index (χ4n) is 2.56. The fraction of sp³-hybridized carbons (Fsp3) is 0.500. The van der Waals surface area contributed by atoms with Crippen LogP contribution in [0, 0.1) is 0 Å². The molecular weight excluding hydrogens is 321 g/mol. The van der Waals surface area contributed by atoms with E-state index >= 15 is 0 Å². The van der Waals surface area contributed by atoms with E-state index < -0.39 is 30.2 Å². The molecule has 1 aromatic carbocycles. The SMILES string of the molecule is NC(Cc1cc(Cl)c(N2CCCC2)cc1C(F)(F)F)C(=O)O. The number of nitrogens with zero attached hydrogens (tertiary/aromatic N) is 1. The zero-order valence-corrected chi connectivity index (χ0v) is 12.4. The summed E-state index contributed by atoms with van der Waals surface area (Å²) in [6.45, 7) is 1.32. The molecule has 2 rings (SSSR count). The van der Waals surface area contributed by atoms with Gasteiger partial charge in [0.15, 0.2) is 0 Å². The molecule has 0 aliphatic carbocycles. The van der Waals surface area contributed by atoms with Crippen molar-refractivity contribution in [1.29, 1.82) is 0 Å². The molecule has 1 heterocycles. The number of alkyl halides is 3. The monoisotopic (exact) mass is 336 g/mol. The lowest BCUT2D eigenvalue weighted by Crippen LogP contribution is -2.33. The zero-order valence-electron chi connectivity index (χ0n) is 11.7. The number of nitrogens with two attached hydrogens (primary N) is 1. The molecule has 1 aromatic rings. The predicted octanol–water partition coefficient (Wildman–Crippen LogP) is 2.91. The molecular formula is C14H16ClF3N2O2. The van der Waals surface area contributed by atoms with E-state index in [9.17, 15) is 18.0 Å². The highest BCUT2D eigenvalue weighted by molar-refractivity contribution is 6.33. The van der Waals surface area contributed by atoms with Crippen molar-refractivity contribution in [3.8, 4) is 0 Å². The summed E-state index contributed by atoms with van der Waals surface area (Å²) in [6.07, 6.45) is -3.20. The van der Waals surface area contributed by atoms with E-state index in [-0.39, 0.29) is 10.6 Å². The summed E-state index contributed by atoms with van der Waals surface area (Å²) in [5, 5.41) is 8.97. The van der Waals surface area contributed by atoms with Crippen molar-refractivity contribution >= 4 is 23.3 Å². The van der Waals surface area contributed by atoms with Gasteiger partial charge in [0, 0.05) is 13.1 Å². The van der Waals surface area contributed by atoms with Crippen LogP contribution in [0.3, 0.4) is 0 Å². The number of rotatable bonds is 4. The summed E-state index contributed by atoms with van der Waals surface area (Å²) in [6, 6.07) is 0.771. The summed E-state index contributed by atoms with van der Waals surface area (Å²) in [4.78, 5) is 12.6. The number of halogens is 4. The molecule has 1 aliphatic rings. The van der Waals surface area contributed by atoms with E-state index in [2.05, 4.69) is 0 Å². The number of benzene rings is 1. The average molecular weight is 337 g/mol. The molecule has 1 atom stereocenters. The zero-order chi connectivity index (χ0) is 16.5. The predicted molar refractivity (Wildman–Crippen MR) is 77.2 cm³/mol. The second-order valence-electron chi connectivity index (χ2n) is 5.30. The minimum atomic E-state index is -4.59. The van der Waals surface area contributed by atoms with Crippen molar-refractivity contribution in [2.24, 2.45) is 5.73 Å². The number of carboxylic acid groups (broad SMARTS) is 1. The van der Waals surface area contributed by atoms with Gasteiger partial charge in [0.25, 0.3) is 0 Å². The number of carboxylic acids is 1. The van der Waals surface area contributed by atoms with Gasteiger partial charge < -0.3 is 15.7 Å². The van der Waals surface area contributed by atoms with Gasteiger partial charge >= 0.3 is 12.1 Å². The van der Waals surface area contributed by atoms with Crippen LogP contribution in [0.15, 0.2) is 12.1 Å². The first-order valence-corrected chi connectivity index (χ1v) is 7.21. The second-order valence-corrected chi connectivity index (χ2v) is 5.71. The Labute approximate surface area is 130 Å². The first-order chi connectivity index (χ1) is 10.2. The number of hydrogen-bond acceptors (Lipinski definition) is 3. The molecule has 122 valence electrons. The van der Waals surface area contributed by atoms with Gasteiger partial charge in [-0.05, 0) is 37.0 Å². The van der Waals surface area contributed by atoms with E-state index in [1.165, 1.54) is 6.07 Å². The highest BCUT2D eigenvalue weighted by Gasteiger charge is 2.35. The molecule has 8 heteroatoms. The Morgan fingerprint density at radius 3 is 2.45 bits per heavy atom. The van der Waals surface area contributed by atoms with Crippen LogP contribution in [-0.4, -0.2) is 30.2 Å². The number of hydrogen-bond donors (Lipinski definition) is 2. The maximum absolute atomic E-state index is 13.2. The van der Waals surface area contributed by atoms with Crippen LogP contribution < -0.4 is 10.6 Å². The standard InChI is InChI=1S/C14H16ClF3N2O2/c15-10-5-8(6-11(19)13(21)22)9(14(16,17)18)7-12(10)20-3-1-2-4-20/h5,7,11H,1-4,6,19H2,(H,21,22). The second kappa shape index (κ2) is 6.34. The highest BCUT2D eigenvalue weighted by atomic mass is 35.5. The van der Waals surface area contributed by atoms with Gasteiger partial charge in [-0.15, -0.1) is 0 Å². The summed E-state index contributed by atoms with van der Waals surface area (Å²) < 4.78 is 39.7. The molecule has 0 saturated carbocycles. The fourth-order valence-corrected chi connectivity index (χ4v) is 2.87. The number of carbonyl (C=O) groups is 1. The molecule has 1 saturated heterocycles. The Bertz CT molecular complexity index is 572. The van der Waals surface area contributed by atoms with Crippen LogP contribution in [-0.2, 0) is 17.4 Å². The lowest BCUT2D eigenvalue weighted by molar-refractivity contribution is -0.140. The molecule has 0 aromatic heterocycles. The maximum Gasteiger partial charge on any atom is 0.416 e. The van der Waals surface area contributed by atoms with E-state index in [1.54, 1.807) is 4.90 Å². The van der Waals surface area contributed by atoms with Crippen LogP contribution >= 0.6 is 11.6 Å². The Hall–Kier alpha value is -1.47. The van der Waals surface area contributed by atoms with E-state index in [1.807, 2.05) is 0 Å². The van der Waals surface area contributed by atoms with Crippen molar-refractivity contribution in [2.75, 3.05) is 18.0 Å². The third-order valence-corrected chi connectivity index (χ3v) is 3.98. The quantitative estimate of drug-likeness (QED) is 0.887. The van der Waals surface area contributed by atoms with Gasteiger partial charge in [-0.3, -0.25) is 4.79 Å². The molecule has 22 heavy (non-hydrogen) atoms. The van der Waals surface area contributed by atoms with Gasteiger partial charge in [0.2, 0.25) is 0 Å². The largest absolute Gasteiger partial charge is 0.480 e. The third-order valence-electron chi connectivity index (χ3n) is 3.68. The van der Waals surface area contributed by atoms with Crippen molar-refractivity contribution in [3.63, 3.8) is 0 Å². The van der Waals surface area contributed by atoms with E-state index in [4.69, 9.17) is 22.4 Å². The van der Waals surface area contributed by atoms with Crippen LogP contribution in [0.25, 0.3) is 0 Å². The van der Waals surface area contributed by atoms with Gasteiger partial charge in [-0.2, -0.15) is 13.2 Å². The van der Waals surface area contributed by atoms with Crippen molar-refractivity contribution in [2.45, 2.75) is 31.5 Å². The normalized spacial score (nSPS) is 16.9. The first-order valence-electron chi connectivity index (χ1n) is 6.83. The van der Waals surface area contributed by atoms with Crippen molar-refractivity contribution < 1.29 is 23.1 Å². The molecule has 4 nitrogen and oxygen atoms in total. The molecule has 0 radical (unpaired) electrons. The molecule has 0 spiro atoms. The number of anilines is 1. The van der Waals surface area contributed by atoms with Crippen LogP contribution in [0.5, 0.6) is 0 Å². The van der Waals surface area contributed by atoms with E-state index in [0.717, 1.165) is 18.9 Å². The van der Waals surface area contributed by atoms with Crippen molar-refractivity contribution in [3.05, 3.63) is 28.3 Å². The molecule has 1 fully saturated rings. The lowest BCUT2D eigenvalue weighted by atomic mass is 9.99. The van der Waals surface area contributed by atoms with Gasteiger partial charge in [0.05, 0.1) is 16.3 Å². The van der Waals surface area contributed by atoms with Crippen LogP contribution in [0.1, 0.15) is 24.0 Å². The third kappa shape index (κ3) is 3.64. The topological polar surface area (TPSA) is 66.6 Å². The smallest absolute Gasteiger partial charge is 0.416 e. The summed E-state index contributed by atoms with van der Waals surface area (Å²) in [5.74, 6) is -1.35. The lowest BCUT2D eigenvalue weighted by Gasteiger charge is -2.23. The Morgan fingerprint density at radius 1 is 1.36 bits per heavy atom. The van der Waals surface area contributed by atoms with Gasteiger partial charge in [-0.25, -0.2) is 0 Å². The molecule has 0 bridgehead atoms. The number of aliphatic carboxylic acids is 1. The Kier molecular flexibility index (Phi) is 4.87. The average Bonchev–Trinajstić information content (AvgIpc) is 2.90.